The van der Waals surface area contributed by atoms with Gasteiger partial charge in [0.15, 0.2) is 5.82 Å². The number of anilines is 1. The zero-order valence-electron chi connectivity index (χ0n) is 14.9. The van der Waals surface area contributed by atoms with Crippen molar-refractivity contribution in [2.75, 3.05) is 25.0 Å². The largest absolute Gasteiger partial charge is 0.353 e. The first-order chi connectivity index (χ1) is 12.1. The van der Waals surface area contributed by atoms with Crippen LogP contribution in [0.25, 0.3) is 0 Å². The third kappa shape index (κ3) is 4.47. The summed E-state index contributed by atoms with van der Waals surface area (Å²) in [5.74, 6) is 0.876. The van der Waals surface area contributed by atoms with Gasteiger partial charge in [-0.25, -0.2) is 4.79 Å². The fourth-order valence-corrected chi connectivity index (χ4v) is 3.12. The van der Waals surface area contributed by atoms with E-state index < -0.39 is 0 Å². The number of urea groups is 1. The van der Waals surface area contributed by atoms with E-state index in [4.69, 9.17) is 0 Å². The second-order valence-electron chi connectivity index (χ2n) is 6.58. The van der Waals surface area contributed by atoms with Gasteiger partial charge < -0.3 is 15.1 Å². The second-order valence-corrected chi connectivity index (χ2v) is 6.58. The summed E-state index contributed by atoms with van der Waals surface area (Å²) in [5.41, 5.74) is 2.33. The molecule has 2 aromatic rings. The summed E-state index contributed by atoms with van der Waals surface area (Å²) in [5, 5.41) is 11.1. The lowest BCUT2D eigenvalue weighted by atomic mass is 10.0. The molecule has 1 N–H and O–H groups in total. The van der Waals surface area contributed by atoms with E-state index in [2.05, 4.69) is 39.5 Å². The average Bonchev–Trinajstić information content (AvgIpc) is 2.67. The van der Waals surface area contributed by atoms with Gasteiger partial charge >= 0.3 is 6.03 Å². The molecule has 1 aliphatic heterocycles. The van der Waals surface area contributed by atoms with Gasteiger partial charge in [0.1, 0.15) is 0 Å². The highest BCUT2D eigenvalue weighted by molar-refractivity contribution is 5.74. The van der Waals surface area contributed by atoms with E-state index in [-0.39, 0.29) is 12.1 Å². The Balaban J connectivity index is 1.55. The van der Waals surface area contributed by atoms with Crippen molar-refractivity contribution >= 4 is 11.8 Å². The van der Waals surface area contributed by atoms with Gasteiger partial charge in [0, 0.05) is 32.9 Å². The van der Waals surface area contributed by atoms with Gasteiger partial charge in [-0.2, -0.15) is 5.10 Å². The summed E-state index contributed by atoms with van der Waals surface area (Å²) in [6.45, 7) is 4.34. The van der Waals surface area contributed by atoms with E-state index in [0.717, 1.165) is 37.3 Å². The highest BCUT2D eigenvalue weighted by Crippen LogP contribution is 2.19. The maximum absolute atomic E-state index is 12.5. The van der Waals surface area contributed by atoms with Gasteiger partial charge in [0.05, 0.1) is 6.04 Å². The maximum Gasteiger partial charge on any atom is 0.317 e. The lowest BCUT2D eigenvalue weighted by Gasteiger charge is -2.37. The standard InChI is InChI=1S/C19H25N5O/c1-15-7-9-16(10-8-15)13-20-19(25)23(2)17-5-4-12-24(14-17)18-6-3-11-21-22-18/h3,6-11,17H,4-5,12-14H2,1-2H3,(H,20,25). The zero-order chi connectivity index (χ0) is 17.6. The van der Waals surface area contributed by atoms with Gasteiger partial charge in [-0.1, -0.05) is 29.8 Å². The number of amides is 2. The fraction of sp³-hybridized carbons (Fsp3) is 0.421. The number of aromatic nitrogens is 2. The molecule has 6 nitrogen and oxygen atoms in total. The molecule has 1 aliphatic rings. The van der Waals surface area contributed by atoms with Gasteiger partial charge in [0.2, 0.25) is 0 Å². The number of likely N-dealkylation sites (N-methyl/N-ethyl adjacent to an activating group) is 1. The molecule has 2 heterocycles. The van der Waals surface area contributed by atoms with Crippen LogP contribution in [0, 0.1) is 6.92 Å². The third-order valence-electron chi connectivity index (χ3n) is 4.71. The van der Waals surface area contributed by atoms with E-state index >= 15 is 0 Å². The number of piperidine rings is 1. The van der Waals surface area contributed by atoms with E-state index in [1.54, 1.807) is 6.20 Å². The number of nitrogens with one attached hydrogen (secondary N) is 1. The molecule has 25 heavy (non-hydrogen) atoms. The van der Waals surface area contributed by atoms with E-state index in [0.29, 0.717) is 6.54 Å². The molecule has 1 saturated heterocycles. The van der Waals surface area contributed by atoms with E-state index in [1.807, 2.05) is 36.2 Å². The van der Waals surface area contributed by atoms with Crippen LogP contribution in [-0.2, 0) is 6.54 Å². The minimum absolute atomic E-state index is 0.0356. The third-order valence-corrected chi connectivity index (χ3v) is 4.71. The predicted octanol–water partition coefficient (Wildman–Crippen LogP) is 2.60. The normalized spacial score (nSPS) is 17.2. The maximum atomic E-state index is 12.5. The van der Waals surface area contributed by atoms with E-state index in [1.165, 1.54) is 5.56 Å². The SMILES string of the molecule is Cc1ccc(CNC(=O)N(C)C2CCCN(c3cccnn3)C2)cc1. The lowest BCUT2D eigenvalue weighted by Crippen LogP contribution is -2.51. The van der Waals surface area contributed by atoms with Gasteiger partial charge in [0.25, 0.3) is 0 Å². The summed E-state index contributed by atoms with van der Waals surface area (Å²) >= 11 is 0. The zero-order valence-corrected chi connectivity index (χ0v) is 14.9. The predicted molar refractivity (Wildman–Crippen MR) is 98.4 cm³/mol. The van der Waals surface area contributed by atoms with Crippen molar-refractivity contribution in [2.24, 2.45) is 0 Å². The molecule has 1 atom stereocenters. The molecule has 1 fully saturated rings. The van der Waals surface area contributed by atoms with Crippen LogP contribution in [0.5, 0.6) is 0 Å². The van der Waals surface area contributed by atoms with Crippen molar-refractivity contribution < 1.29 is 4.79 Å². The molecule has 0 spiro atoms. The van der Waals surface area contributed by atoms with Crippen LogP contribution in [-0.4, -0.2) is 47.3 Å². The molecule has 0 saturated carbocycles. The number of aryl methyl sites for hydroxylation is 1. The number of benzene rings is 1. The first kappa shape index (κ1) is 17.2. The lowest BCUT2D eigenvalue weighted by molar-refractivity contribution is 0.182. The highest BCUT2D eigenvalue weighted by Gasteiger charge is 2.26. The molecule has 0 bridgehead atoms. The van der Waals surface area contributed by atoms with Crippen LogP contribution in [0.1, 0.15) is 24.0 Å². The molecule has 6 heteroatoms. The molecule has 1 aromatic heterocycles. The van der Waals surface area contributed by atoms with Crippen LogP contribution in [0.15, 0.2) is 42.6 Å². The fourth-order valence-electron chi connectivity index (χ4n) is 3.12. The average molecular weight is 339 g/mol. The van der Waals surface area contributed by atoms with Crippen molar-refractivity contribution in [3.63, 3.8) is 0 Å². The van der Waals surface area contributed by atoms with Crippen LogP contribution in [0.2, 0.25) is 0 Å². The first-order valence-electron chi connectivity index (χ1n) is 8.72. The Bertz CT molecular complexity index is 689. The molecular weight excluding hydrogens is 314 g/mol. The molecule has 0 aliphatic carbocycles. The Kier molecular flexibility index (Phi) is 5.48. The number of hydrogen-bond donors (Lipinski definition) is 1. The van der Waals surface area contributed by atoms with E-state index in [9.17, 15) is 4.79 Å². The number of carbonyl (C=O) groups excluding carboxylic acids is 1. The summed E-state index contributed by atoms with van der Waals surface area (Å²) in [6.07, 6.45) is 3.72. The van der Waals surface area contributed by atoms with Gasteiger partial charge in [-0.3, -0.25) is 0 Å². The van der Waals surface area contributed by atoms with Gasteiger partial charge in [-0.05, 0) is 37.5 Å². The Morgan fingerprint density at radius 2 is 2.12 bits per heavy atom. The van der Waals surface area contributed by atoms with Crippen molar-refractivity contribution in [3.8, 4) is 0 Å². The number of nitrogens with zero attached hydrogens (tertiary/aromatic N) is 4. The van der Waals surface area contributed by atoms with Crippen molar-refractivity contribution in [3.05, 3.63) is 53.7 Å². The Morgan fingerprint density at radius 3 is 2.84 bits per heavy atom. The minimum atomic E-state index is -0.0356. The first-order valence-corrected chi connectivity index (χ1v) is 8.72. The second kappa shape index (κ2) is 7.96. The molecular formula is C19H25N5O. The van der Waals surface area contributed by atoms with Gasteiger partial charge in [-0.15, -0.1) is 5.10 Å². The molecule has 132 valence electrons. The van der Waals surface area contributed by atoms with Crippen molar-refractivity contribution in [1.82, 2.24) is 20.4 Å². The summed E-state index contributed by atoms with van der Waals surface area (Å²) in [4.78, 5) is 16.5. The number of rotatable bonds is 4. The number of carbonyl (C=O) groups is 1. The van der Waals surface area contributed by atoms with Crippen molar-refractivity contribution in [1.29, 1.82) is 0 Å². The van der Waals surface area contributed by atoms with Crippen LogP contribution >= 0.6 is 0 Å². The van der Waals surface area contributed by atoms with Crippen LogP contribution in [0.4, 0.5) is 10.6 Å². The van der Waals surface area contributed by atoms with Crippen LogP contribution in [0.3, 0.4) is 0 Å². The summed E-state index contributed by atoms with van der Waals surface area (Å²) in [7, 11) is 1.87. The molecule has 1 aromatic carbocycles. The smallest absolute Gasteiger partial charge is 0.317 e. The monoisotopic (exact) mass is 339 g/mol. The molecule has 2 amide bonds. The Morgan fingerprint density at radius 1 is 1.32 bits per heavy atom. The van der Waals surface area contributed by atoms with Crippen molar-refractivity contribution in [2.45, 2.75) is 32.4 Å². The Hall–Kier alpha value is -2.63. The molecule has 0 radical (unpaired) electrons. The topological polar surface area (TPSA) is 61.4 Å². The Labute approximate surface area is 148 Å². The summed E-state index contributed by atoms with van der Waals surface area (Å²) < 4.78 is 0. The molecule has 3 rings (SSSR count). The van der Waals surface area contributed by atoms with Crippen LogP contribution < -0.4 is 10.2 Å². The minimum Gasteiger partial charge on any atom is -0.353 e. The molecule has 1 unspecified atom stereocenters. The number of hydrogen-bond acceptors (Lipinski definition) is 4. The summed E-state index contributed by atoms with van der Waals surface area (Å²) in [6, 6.07) is 12.2. The quantitative estimate of drug-likeness (QED) is 0.930. The highest BCUT2D eigenvalue weighted by atomic mass is 16.2.